The lowest BCUT2D eigenvalue weighted by Gasteiger charge is -2.56. The van der Waals surface area contributed by atoms with Crippen molar-refractivity contribution in [1.29, 1.82) is 0 Å². The number of aliphatic hydroxyl groups is 1. The topological polar surface area (TPSA) is 32.7 Å². The van der Waals surface area contributed by atoms with E-state index < -0.39 is 0 Å². The molecular weight excluding hydrogens is 286 g/mol. The van der Waals surface area contributed by atoms with Crippen LogP contribution in [0, 0.1) is 17.8 Å². The van der Waals surface area contributed by atoms with E-state index in [-0.39, 0.29) is 11.7 Å². The molecule has 0 aromatic rings. The summed E-state index contributed by atoms with van der Waals surface area (Å²) in [7, 11) is 0. The van der Waals surface area contributed by atoms with Gasteiger partial charge in [-0.15, -0.1) is 0 Å². The first-order valence-corrected chi connectivity index (χ1v) is 10.1. The Hall–Kier alpha value is -0.120. The number of β-amino-alcohol motifs (C(OH)–C–C–N with tert-alkyl or cyclic N) is 1. The van der Waals surface area contributed by atoms with E-state index in [1.54, 1.807) is 0 Å². The molecule has 5 aliphatic rings. The van der Waals surface area contributed by atoms with Gasteiger partial charge in [-0.25, -0.2) is 0 Å². The second kappa shape index (κ2) is 6.31. The van der Waals surface area contributed by atoms with E-state index in [9.17, 15) is 5.11 Å². The summed E-state index contributed by atoms with van der Waals surface area (Å²) < 4.78 is 6.44. The first-order chi connectivity index (χ1) is 11.0. The Labute approximate surface area is 141 Å². The summed E-state index contributed by atoms with van der Waals surface area (Å²) in [6, 6.07) is 1.21. The maximum Gasteiger partial charge on any atom is 0.0900 e. The van der Waals surface area contributed by atoms with E-state index in [4.69, 9.17) is 4.74 Å². The van der Waals surface area contributed by atoms with Gasteiger partial charge in [0, 0.05) is 18.6 Å². The van der Waals surface area contributed by atoms with Crippen LogP contribution in [0.25, 0.3) is 0 Å². The van der Waals surface area contributed by atoms with Crippen molar-refractivity contribution in [3.05, 3.63) is 0 Å². The van der Waals surface area contributed by atoms with Crippen LogP contribution in [0.15, 0.2) is 0 Å². The van der Waals surface area contributed by atoms with E-state index in [1.165, 1.54) is 57.8 Å². The molecule has 4 bridgehead atoms. The van der Waals surface area contributed by atoms with Crippen LogP contribution in [-0.2, 0) is 4.74 Å². The van der Waals surface area contributed by atoms with Crippen molar-refractivity contribution in [2.45, 2.75) is 95.4 Å². The summed E-state index contributed by atoms with van der Waals surface area (Å²) in [6.07, 6.45) is 11.7. The van der Waals surface area contributed by atoms with E-state index in [0.29, 0.717) is 18.7 Å². The Balaban J connectivity index is 1.30. The average molecular weight is 322 g/mol. The average Bonchev–Trinajstić information content (AvgIpc) is 2.48. The highest BCUT2D eigenvalue weighted by molar-refractivity contribution is 5.03. The molecule has 5 fully saturated rings. The minimum Gasteiger partial charge on any atom is -0.389 e. The maximum absolute atomic E-state index is 10.6. The molecule has 1 aliphatic heterocycles. The van der Waals surface area contributed by atoms with Gasteiger partial charge in [-0.3, -0.25) is 4.90 Å². The molecule has 0 spiro atoms. The smallest absolute Gasteiger partial charge is 0.0900 e. The number of hydrogen-bond acceptors (Lipinski definition) is 3. The molecule has 3 heteroatoms. The van der Waals surface area contributed by atoms with E-state index in [1.807, 2.05) is 0 Å². The zero-order chi connectivity index (χ0) is 16.0. The number of likely N-dealkylation sites (tertiary alicyclic amines) is 1. The minimum atomic E-state index is -0.328. The number of rotatable bonds is 5. The van der Waals surface area contributed by atoms with Crippen LogP contribution in [0.5, 0.6) is 0 Å². The van der Waals surface area contributed by atoms with Gasteiger partial charge < -0.3 is 9.84 Å². The maximum atomic E-state index is 10.6. The van der Waals surface area contributed by atoms with E-state index >= 15 is 0 Å². The highest BCUT2D eigenvalue weighted by Gasteiger charge is 2.51. The lowest BCUT2D eigenvalue weighted by molar-refractivity contribution is -0.177. The first kappa shape index (κ1) is 16.4. The number of hydrogen-bond donors (Lipinski definition) is 1. The second-order valence-corrected chi connectivity index (χ2v) is 9.39. The van der Waals surface area contributed by atoms with Crippen LogP contribution in [-0.4, -0.2) is 46.9 Å². The van der Waals surface area contributed by atoms with Crippen molar-refractivity contribution in [3.8, 4) is 0 Å². The zero-order valence-corrected chi connectivity index (χ0v) is 15.0. The van der Waals surface area contributed by atoms with Gasteiger partial charge in [0.2, 0.25) is 0 Å². The molecule has 0 amide bonds. The highest BCUT2D eigenvalue weighted by Crippen LogP contribution is 2.57. The van der Waals surface area contributed by atoms with Gasteiger partial charge >= 0.3 is 0 Å². The largest absolute Gasteiger partial charge is 0.389 e. The van der Waals surface area contributed by atoms with Crippen LogP contribution >= 0.6 is 0 Å². The Morgan fingerprint density at radius 1 is 1.00 bits per heavy atom. The van der Waals surface area contributed by atoms with E-state index in [0.717, 1.165) is 24.3 Å². The van der Waals surface area contributed by atoms with Crippen molar-refractivity contribution in [2.24, 2.45) is 17.8 Å². The summed E-state index contributed by atoms with van der Waals surface area (Å²) in [6.45, 7) is 5.95. The summed E-state index contributed by atoms with van der Waals surface area (Å²) >= 11 is 0. The van der Waals surface area contributed by atoms with Crippen LogP contribution in [0.2, 0.25) is 0 Å². The quantitative estimate of drug-likeness (QED) is 0.840. The van der Waals surface area contributed by atoms with Crippen molar-refractivity contribution < 1.29 is 9.84 Å². The third kappa shape index (κ3) is 3.34. The molecule has 0 aromatic carbocycles. The van der Waals surface area contributed by atoms with Gasteiger partial charge in [-0.1, -0.05) is 6.42 Å². The third-order valence-corrected chi connectivity index (χ3v) is 7.36. The molecule has 3 unspecified atom stereocenters. The van der Waals surface area contributed by atoms with Gasteiger partial charge in [-0.2, -0.15) is 0 Å². The van der Waals surface area contributed by atoms with Gasteiger partial charge in [0.15, 0.2) is 0 Å². The molecule has 0 aromatic heterocycles. The van der Waals surface area contributed by atoms with Crippen LogP contribution in [0.1, 0.15) is 71.6 Å². The molecule has 132 valence electrons. The Morgan fingerprint density at radius 3 is 2.04 bits per heavy atom. The number of piperidine rings is 1. The molecule has 3 nitrogen and oxygen atoms in total. The molecule has 1 N–H and O–H groups in total. The summed E-state index contributed by atoms with van der Waals surface area (Å²) in [5.74, 6) is 2.75. The fraction of sp³-hybridized carbons (Fsp3) is 1.00. The van der Waals surface area contributed by atoms with Crippen LogP contribution in [0.3, 0.4) is 0 Å². The fourth-order valence-corrected chi connectivity index (χ4v) is 6.61. The summed E-state index contributed by atoms with van der Waals surface area (Å²) in [4.78, 5) is 2.50. The lowest BCUT2D eigenvalue weighted by atomic mass is 9.54. The van der Waals surface area contributed by atoms with Crippen molar-refractivity contribution >= 4 is 0 Å². The Morgan fingerprint density at radius 2 is 1.52 bits per heavy atom. The van der Waals surface area contributed by atoms with Crippen LogP contribution < -0.4 is 0 Å². The fourth-order valence-electron chi connectivity index (χ4n) is 6.61. The van der Waals surface area contributed by atoms with Crippen molar-refractivity contribution in [3.63, 3.8) is 0 Å². The minimum absolute atomic E-state index is 0.134. The Kier molecular flexibility index (Phi) is 4.49. The normalized spacial score (nSPS) is 47.9. The Bertz CT molecular complexity index is 379. The number of aliphatic hydroxyl groups excluding tert-OH is 1. The second-order valence-electron chi connectivity index (χ2n) is 9.39. The van der Waals surface area contributed by atoms with Gasteiger partial charge in [0.05, 0.1) is 18.3 Å². The van der Waals surface area contributed by atoms with Gasteiger partial charge in [0.25, 0.3) is 0 Å². The molecule has 5 rings (SSSR count). The number of nitrogens with zero attached hydrogens (tertiary/aromatic N) is 1. The summed E-state index contributed by atoms with van der Waals surface area (Å²) in [5.41, 5.74) is 0.134. The van der Waals surface area contributed by atoms with E-state index in [2.05, 4.69) is 18.7 Å². The summed E-state index contributed by atoms with van der Waals surface area (Å²) in [5, 5.41) is 10.6. The molecule has 3 atom stereocenters. The van der Waals surface area contributed by atoms with Crippen LogP contribution in [0.4, 0.5) is 0 Å². The molecule has 0 radical (unpaired) electrons. The molecule has 1 saturated heterocycles. The highest BCUT2D eigenvalue weighted by atomic mass is 16.5. The molecule has 1 heterocycles. The molecule has 4 aliphatic carbocycles. The molecule has 23 heavy (non-hydrogen) atoms. The third-order valence-electron chi connectivity index (χ3n) is 7.36. The zero-order valence-electron chi connectivity index (χ0n) is 15.0. The van der Waals surface area contributed by atoms with Gasteiger partial charge in [-0.05, 0) is 83.0 Å². The number of ether oxygens (including phenoxy) is 1. The SMILES string of the molecule is CC1CCCC(C)N1CC(O)COC12CC3CC(CC(C3)C1)C2. The molecular formula is C20H35NO2. The molecule has 4 saturated carbocycles. The first-order valence-electron chi connectivity index (χ1n) is 10.1. The predicted molar refractivity (Wildman–Crippen MR) is 92.3 cm³/mol. The standard InChI is InChI=1S/C20H35NO2/c1-14-4-3-5-15(2)21(14)12-19(22)13-23-20-9-16-6-17(10-20)8-18(7-16)11-20/h14-19,22H,3-13H2,1-2H3. The lowest BCUT2D eigenvalue weighted by Crippen LogP contribution is -2.53. The predicted octanol–water partition coefficient (Wildman–Crippen LogP) is 3.60. The monoisotopic (exact) mass is 321 g/mol. The van der Waals surface area contributed by atoms with Crippen molar-refractivity contribution in [1.82, 2.24) is 4.90 Å². The van der Waals surface area contributed by atoms with Gasteiger partial charge in [0.1, 0.15) is 0 Å². The van der Waals surface area contributed by atoms with Crippen molar-refractivity contribution in [2.75, 3.05) is 13.2 Å².